The Labute approximate surface area is 130 Å². The van der Waals surface area contributed by atoms with Gasteiger partial charge in [-0.2, -0.15) is 0 Å². The lowest BCUT2D eigenvalue weighted by atomic mass is 10.1. The van der Waals surface area contributed by atoms with Crippen LogP contribution in [-0.2, 0) is 16.4 Å². The van der Waals surface area contributed by atoms with Crippen molar-refractivity contribution in [2.24, 2.45) is 5.73 Å². The van der Waals surface area contributed by atoms with Gasteiger partial charge in [0.15, 0.2) is 5.69 Å². The molecule has 1 amide bonds. The minimum Gasteiger partial charge on any atom is -0.364 e. The topological polar surface area (TPSA) is 119 Å². The van der Waals surface area contributed by atoms with Gasteiger partial charge in [0.25, 0.3) is 5.91 Å². The number of nitrogens with two attached hydrogens (primary N) is 1. The van der Waals surface area contributed by atoms with E-state index in [4.69, 9.17) is 10.3 Å². The van der Waals surface area contributed by atoms with Crippen LogP contribution in [0.2, 0.25) is 0 Å². The Hall–Kier alpha value is -1.45. The average Bonchev–Trinajstić information content (AvgIpc) is 2.82. The van der Waals surface area contributed by atoms with Crippen LogP contribution in [0.1, 0.15) is 35.3 Å². The van der Waals surface area contributed by atoms with E-state index < -0.39 is 15.9 Å². The molecule has 0 radical (unpaired) electrons. The molecule has 1 aromatic heterocycles. The summed E-state index contributed by atoms with van der Waals surface area (Å²) in [5.74, 6) is -0.561. The Morgan fingerprint density at radius 3 is 2.82 bits per heavy atom. The molecule has 1 aliphatic rings. The predicted octanol–water partition coefficient (Wildman–Crippen LogP) is -0.280. The number of hydrogen-bond acceptors (Lipinski definition) is 6. The lowest BCUT2D eigenvalue weighted by Gasteiger charge is -2.39. The third kappa shape index (κ3) is 5.08. The largest absolute Gasteiger partial charge is 0.364 e. The summed E-state index contributed by atoms with van der Waals surface area (Å²) in [5.41, 5.74) is 6.17. The molecule has 2 rings (SSSR count). The number of nitrogens with zero attached hydrogens (tertiary/aromatic N) is 2. The summed E-state index contributed by atoms with van der Waals surface area (Å²) in [6, 6.07) is 0.0464. The fourth-order valence-electron chi connectivity index (χ4n) is 2.60. The molecule has 1 saturated heterocycles. The number of amides is 1. The molecular formula is C13H22N4O4S. The first-order chi connectivity index (χ1) is 10.3. The smallest absolute Gasteiger partial charge is 0.271 e. The van der Waals surface area contributed by atoms with Crippen LogP contribution in [0.25, 0.3) is 0 Å². The molecule has 124 valence electrons. The lowest BCUT2D eigenvalue weighted by Crippen LogP contribution is -2.58. The fraction of sp³-hybridized carbons (Fsp3) is 0.692. The number of hydrogen-bond donors (Lipinski definition) is 2. The van der Waals surface area contributed by atoms with Gasteiger partial charge >= 0.3 is 0 Å². The maximum absolute atomic E-state index is 11.1. The number of carbonyl (C=O) groups excluding carboxylic acids is 1. The van der Waals surface area contributed by atoms with Crippen LogP contribution in [0.15, 0.2) is 10.8 Å². The van der Waals surface area contributed by atoms with Crippen molar-refractivity contribution in [3.8, 4) is 0 Å². The number of likely N-dealkylation sites (tertiary alicyclic amines) is 1. The minimum absolute atomic E-state index is 0.0464. The standard InChI is InChI=1S/C13H22N4O4S/c1-22(19,20)16-11-7-17(8-11)6-4-2-3-5-10-9-21-15-12(10)13(14)18/h9,11,16H,2-8H2,1H3,(H2,14,18). The Morgan fingerprint density at radius 1 is 1.45 bits per heavy atom. The number of primary amides is 1. The molecule has 1 aliphatic heterocycles. The van der Waals surface area contributed by atoms with Crippen molar-refractivity contribution in [3.63, 3.8) is 0 Å². The summed E-state index contributed by atoms with van der Waals surface area (Å²) in [6.45, 7) is 2.49. The van der Waals surface area contributed by atoms with E-state index >= 15 is 0 Å². The Kier molecular flexibility index (Phi) is 5.54. The van der Waals surface area contributed by atoms with Crippen molar-refractivity contribution < 1.29 is 17.7 Å². The molecule has 0 atom stereocenters. The molecule has 0 aromatic carbocycles. The lowest BCUT2D eigenvalue weighted by molar-refractivity contribution is 0.0991. The highest BCUT2D eigenvalue weighted by atomic mass is 32.2. The van der Waals surface area contributed by atoms with Crippen LogP contribution in [0.5, 0.6) is 0 Å². The van der Waals surface area contributed by atoms with Crippen molar-refractivity contribution in [1.29, 1.82) is 0 Å². The van der Waals surface area contributed by atoms with Gasteiger partial charge in [-0.3, -0.25) is 4.79 Å². The van der Waals surface area contributed by atoms with E-state index in [0.29, 0.717) is 0 Å². The molecule has 3 N–H and O–H groups in total. The number of sulfonamides is 1. The van der Waals surface area contributed by atoms with Crippen molar-refractivity contribution in [2.45, 2.75) is 31.7 Å². The number of rotatable bonds is 9. The molecule has 9 heteroatoms. The van der Waals surface area contributed by atoms with Crippen molar-refractivity contribution in [3.05, 3.63) is 17.5 Å². The average molecular weight is 330 g/mol. The zero-order valence-corrected chi connectivity index (χ0v) is 13.4. The quantitative estimate of drug-likeness (QED) is 0.601. The highest BCUT2D eigenvalue weighted by Gasteiger charge is 2.28. The Balaban J connectivity index is 1.56. The van der Waals surface area contributed by atoms with E-state index in [0.717, 1.165) is 50.9 Å². The van der Waals surface area contributed by atoms with Crippen LogP contribution >= 0.6 is 0 Å². The van der Waals surface area contributed by atoms with Crippen molar-refractivity contribution in [2.75, 3.05) is 25.9 Å². The predicted molar refractivity (Wildman–Crippen MR) is 80.8 cm³/mol. The molecule has 0 spiro atoms. The third-order valence-corrected chi connectivity index (χ3v) is 4.40. The summed E-state index contributed by atoms with van der Waals surface area (Å²) in [7, 11) is -3.10. The molecule has 0 aliphatic carbocycles. The highest BCUT2D eigenvalue weighted by molar-refractivity contribution is 7.88. The summed E-state index contributed by atoms with van der Waals surface area (Å²) >= 11 is 0. The zero-order valence-electron chi connectivity index (χ0n) is 12.6. The van der Waals surface area contributed by atoms with Gasteiger partial charge in [-0.1, -0.05) is 11.6 Å². The van der Waals surface area contributed by atoms with Gasteiger partial charge in [-0.05, 0) is 25.8 Å². The Bertz CT molecular complexity index is 607. The second kappa shape index (κ2) is 7.21. The first-order valence-corrected chi connectivity index (χ1v) is 9.17. The SMILES string of the molecule is CS(=O)(=O)NC1CN(CCCCCc2conc2C(N)=O)C1. The highest BCUT2D eigenvalue weighted by Crippen LogP contribution is 2.13. The van der Waals surface area contributed by atoms with Crippen LogP contribution in [-0.4, -0.2) is 56.3 Å². The van der Waals surface area contributed by atoms with E-state index in [1.165, 1.54) is 12.5 Å². The van der Waals surface area contributed by atoms with Crippen LogP contribution < -0.4 is 10.5 Å². The number of aryl methyl sites for hydroxylation is 1. The van der Waals surface area contributed by atoms with Gasteiger partial charge in [0.1, 0.15) is 6.26 Å². The van der Waals surface area contributed by atoms with Crippen LogP contribution in [0.4, 0.5) is 0 Å². The van der Waals surface area contributed by atoms with Gasteiger partial charge in [0.2, 0.25) is 10.0 Å². The molecule has 0 saturated carbocycles. The second-order valence-electron chi connectivity index (χ2n) is 5.71. The van der Waals surface area contributed by atoms with Crippen LogP contribution in [0.3, 0.4) is 0 Å². The van der Waals surface area contributed by atoms with E-state index in [1.807, 2.05) is 0 Å². The molecule has 8 nitrogen and oxygen atoms in total. The van der Waals surface area contributed by atoms with E-state index in [1.54, 1.807) is 0 Å². The summed E-state index contributed by atoms with van der Waals surface area (Å²) in [5, 5.41) is 3.59. The van der Waals surface area contributed by atoms with Crippen molar-refractivity contribution in [1.82, 2.24) is 14.8 Å². The second-order valence-corrected chi connectivity index (χ2v) is 7.49. The monoisotopic (exact) mass is 330 g/mol. The van der Waals surface area contributed by atoms with Gasteiger partial charge in [-0.25, -0.2) is 13.1 Å². The van der Waals surface area contributed by atoms with E-state index in [9.17, 15) is 13.2 Å². The van der Waals surface area contributed by atoms with Gasteiger partial charge < -0.3 is 15.2 Å². The van der Waals surface area contributed by atoms with E-state index in [2.05, 4.69) is 14.8 Å². The van der Waals surface area contributed by atoms with Crippen LogP contribution in [0, 0.1) is 0 Å². The van der Waals surface area contributed by atoms with Crippen molar-refractivity contribution >= 4 is 15.9 Å². The maximum Gasteiger partial charge on any atom is 0.271 e. The van der Waals surface area contributed by atoms with Gasteiger partial charge in [-0.15, -0.1) is 0 Å². The number of unbranched alkanes of at least 4 members (excludes halogenated alkanes) is 2. The molecule has 1 aromatic rings. The molecule has 22 heavy (non-hydrogen) atoms. The molecule has 0 unspecified atom stereocenters. The minimum atomic E-state index is -3.10. The Morgan fingerprint density at radius 2 is 2.18 bits per heavy atom. The third-order valence-electron chi connectivity index (χ3n) is 3.63. The number of nitrogens with one attached hydrogen (secondary N) is 1. The zero-order chi connectivity index (χ0) is 16.2. The van der Waals surface area contributed by atoms with E-state index in [-0.39, 0.29) is 11.7 Å². The molecule has 1 fully saturated rings. The molecule has 2 heterocycles. The number of aromatic nitrogens is 1. The summed E-state index contributed by atoms with van der Waals surface area (Å²) < 4.78 is 29.5. The van der Waals surface area contributed by atoms with Gasteiger partial charge in [0, 0.05) is 24.7 Å². The first-order valence-electron chi connectivity index (χ1n) is 7.28. The fourth-order valence-corrected chi connectivity index (χ4v) is 3.35. The molecule has 0 bridgehead atoms. The van der Waals surface area contributed by atoms with Gasteiger partial charge in [0.05, 0.1) is 6.26 Å². The number of carbonyl (C=O) groups is 1. The summed E-state index contributed by atoms with van der Waals surface area (Å²) in [6.07, 6.45) is 6.35. The normalized spacial score (nSPS) is 16.6. The first kappa shape index (κ1) is 16.9. The molecular weight excluding hydrogens is 308 g/mol. The summed E-state index contributed by atoms with van der Waals surface area (Å²) in [4.78, 5) is 13.3. The maximum atomic E-state index is 11.1.